The van der Waals surface area contributed by atoms with Gasteiger partial charge in [-0.1, -0.05) is 0 Å². The van der Waals surface area contributed by atoms with E-state index in [4.69, 9.17) is 4.74 Å². The molecule has 1 fully saturated rings. The second-order valence-electron chi connectivity index (χ2n) is 6.19. The third-order valence-electron chi connectivity index (χ3n) is 3.27. The highest BCUT2D eigenvalue weighted by Crippen LogP contribution is 2.25. The second kappa shape index (κ2) is 6.43. The van der Waals surface area contributed by atoms with Gasteiger partial charge < -0.3 is 19.5 Å². The van der Waals surface area contributed by atoms with Crippen LogP contribution in [-0.4, -0.2) is 59.3 Å². The number of rotatable bonds is 5. The molecule has 1 amide bonds. The zero-order valence-corrected chi connectivity index (χ0v) is 13.1. The normalized spacial score (nSPS) is 22.0. The molecule has 0 radical (unpaired) electrons. The quantitative estimate of drug-likeness (QED) is 0.750. The predicted octanol–water partition coefficient (Wildman–Crippen LogP) is 0.665. The van der Waals surface area contributed by atoms with E-state index in [1.807, 2.05) is 20.8 Å². The van der Waals surface area contributed by atoms with Crippen LogP contribution in [0.25, 0.3) is 0 Å². The highest BCUT2D eigenvalue weighted by molar-refractivity contribution is 5.90. The Hall–Kier alpha value is -1.63. The summed E-state index contributed by atoms with van der Waals surface area (Å²) in [7, 11) is 1.25. The van der Waals surface area contributed by atoms with E-state index in [1.54, 1.807) is 6.92 Å². The summed E-state index contributed by atoms with van der Waals surface area (Å²) in [5, 5.41) is 9.41. The number of hydrogen-bond donors (Lipinski definition) is 1. The number of ether oxygens (including phenoxy) is 2. The Balaban J connectivity index is 2.89. The van der Waals surface area contributed by atoms with Crippen LogP contribution in [0.5, 0.6) is 0 Å². The maximum Gasteiger partial charge on any atom is 0.329 e. The lowest BCUT2D eigenvalue weighted by molar-refractivity contribution is -0.160. The molecule has 0 aliphatic carbocycles. The molecular weight excluding hydrogens is 278 g/mol. The lowest BCUT2D eigenvalue weighted by Crippen LogP contribution is -2.51. The van der Waals surface area contributed by atoms with Gasteiger partial charge in [-0.05, 0) is 27.7 Å². The van der Waals surface area contributed by atoms with Crippen molar-refractivity contribution >= 4 is 17.8 Å². The fourth-order valence-corrected chi connectivity index (χ4v) is 2.53. The first-order valence-electron chi connectivity index (χ1n) is 6.84. The number of carboxylic acid groups (broad SMARTS) is 1. The van der Waals surface area contributed by atoms with Crippen molar-refractivity contribution in [3.8, 4) is 0 Å². The smallest absolute Gasteiger partial charge is 0.329 e. The summed E-state index contributed by atoms with van der Waals surface area (Å²) < 4.78 is 10.3. The number of carbonyl (C=O) groups excluding carboxylic acids is 2. The molecule has 0 aromatic carbocycles. The Kier molecular flexibility index (Phi) is 5.33. The molecular formula is C14H23NO6. The van der Waals surface area contributed by atoms with Crippen molar-refractivity contribution in [2.75, 3.05) is 13.7 Å². The van der Waals surface area contributed by atoms with Crippen LogP contribution in [0.1, 0.15) is 34.1 Å². The number of carboxylic acids is 1. The van der Waals surface area contributed by atoms with E-state index in [0.29, 0.717) is 0 Å². The Morgan fingerprint density at radius 3 is 2.38 bits per heavy atom. The standard InChI is InChI=1S/C14H23NO6/c1-8(21-14(2,3)4)11(12(17)18)15-7-9(6-10(15)16)13(19)20-5/h8-9,11H,6-7H2,1-5H3,(H,17,18)/t8-,9?,11+/m0/s1. The van der Waals surface area contributed by atoms with Crippen molar-refractivity contribution < 1.29 is 29.0 Å². The van der Waals surface area contributed by atoms with Gasteiger partial charge in [0.15, 0.2) is 6.04 Å². The first-order chi connectivity index (χ1) is 9.56. The van der Waals surface area contributed by atoms with Gasteiger partial charge in [0.25, 0.3) is 0 Å². The van der Waals surface area contributed by atoms with Gasteiger partial charge in [0.05, 0.1) is 24.7 Å². The van der Waals surface area contributed by atoms with Crippen LogP contribution in [0, 0.1) is 5.92 Å². The largest absolute Gasteiger partial charge is 0.480 e. The molecule has 3 atom stereocenters. The van der Waals surface area contributed by atoms with Crippen LogP contribution < -0.4 is 0 Å². The van der Waals surface area contributed by atoms with Crippen molar-refractivity contribution in [3.63, 3.8) is 0 Å². The van der Waals surface area contributed by atoms with Crippen LogP contribution in [0.15, 0.2) is 0 Å². The number of amides is 1. The van der Waals surface area contributed by atoms with Crippen LogP contribution in [0.4, 0.5) is 0 Å². The molecule has 21 heavy (non-hydrogen) atoms. The zero-order chi connectivity index (χ0) is 16.4. The summed E-state index contributed by atoms with van der Waals surface area (Å²) in [4.78, 5) is 36.2. The maximum absolute atomic E-state index is 12.0. The van der Waals surface area contributed by atoms with E-state index in [2.05, 4.69) is 4.74 Å². The Morgan fingerprint density at radius 2 is 1.95 bits per heavy atom. The Bertz CT molecular complexity index is 428. The summed E-state index contributed by atoms with van der Waals surface area (Å²) in [5.41, 5.74) is -0.530. The van der Waals surface area contributed by atoms with Crippen LogP contribution >= 0.6 is 0 Å². The van der Waals surface area contributed by atoms with Gasteiger partial charge in [-0.3, -0.25) is 9.59 Å². The first-order valence-corrected chi connectivity index (χ1v) is 6.84. The van der Waals surface area contributed by atoms with Crippen LogP contribution in [-0.2, 0) is 23.9 Å². The average Bonchev–Trinajstić information content (AvgIpc) is 2.68. The Morgan fingerprint density at radius 1 is 1.38 bits per heavy atom. The van der Waals surface area contributed by atoms with Crippen molar-refractivity contribution in [3.05, 3.63) is 0 Å². The molecule has 1 N–H and O–H groups in total. The third-order valence-corrected chi connectivity index (χ3v) is 3.27. The molecule has 120 valence electrons. The van der Waals surface area contributed by atoms with E-state index in [9.17, 15) is 19.5 Å². The molecule has 1 aliphatic rings. The highest BCUT2D eigenvalue weighted by Gasteiger charge is 2.44. The summed E-state index contributed by atoms with van der Waals surface area (Å²) in [6.07, 6.45) is -0.721. The molecule has 1 unspecified atom stereocenters. The van der Waals surface area contributed by atoms with Crippen LogP contribution in [0.3, 0.4) is 0 Å². The summed E-state index contributed by atoms with van der Waals surface area (Å²) in [5.74, 6) is -2.64. The van der Waals surface area contributed by atoms with Gasteiger partial charge in [0.2, 0.25) is 5.91 Å². The van der Waals surface area contributed by atoms with Gasteiger partial charge >= 0.3 is 11.9 Å². The average molecular weight is 301 g/mol. The number of nitrogens with zero attached hydrogens (tertiary/aromatic N) is 1. The van der Waals surface area contributed by atoms with Gasteiger partial charge in [-0.25, -0.2) is 4.79 Å². The highest BCUT2D eigenvalue weighted by atomic mass is 16.5. The fourth-order valence-electron chi connectivity index (χ4n) is 2.53. The molecule has 1 saturated heterocycles. The molecule has 1 heterocycles. The van der Waals surface area contributed by atoms with Gasteiger partial charge in [0, 0.05) is 13.0 Å². The molecule has 0 bridgehead atoms. The van der Waals surface area contributed by atoms with Gasteiger partial charge in [0.1, 0.15) is 0 Å². The van der Waals surface area contributed by atoms with Crippen molar-refractivity contribution in [2.24, 2.45) is 5.92 Å². The summed E-state index contributed by atoms with van der Waals surface area (Å²) in [6.45, 7) is 7.09. The molecule has 1 aliphatic heterocycles. The topological polar surface area (TPSA) is 93.1 Å². The zero-order valence-electron chi connectivity index (χ0n) is 13.1. The second-order valence-corrected chi connectivity index (χ2v) is 6.19. The first kappa shape index (κ1) is 17.4. The van der Waals surface area contributed by atoms with Crippen molar-refractivity contribution in [1.82, 2.24) is 4.90 Å². The SMILES string of the molecule is COC(=O)C1CC(=O)N([C@@H](C(=O)O)[C@H](C)OC(C)(C)C)C1. The lowest BCUT2D eigenvalue weighted by atomic mass is 10.1. The van der Waals surface area contributed by atoms with E-state index in [0.717, 1.165) is 0 Å². The number of methoxy groups -OCH3 is 1. The maximum atomic E-state index is 12.0. The number of esters is 1. The number of aliphatic carboxylic acids is 1. The van der Waals surface area contributed by atoms with E-state index < -0.39 is 35.6 Å². The Labute approximate surface area is 124 Å². The molecule has 7 heteroatoms. The number of likely N-dealkylation sites (tertiary alicyclic amines) is 1. The van der Waals surface area contributed by atoms with E-state index in [1.165, 1.54) is 12.0 Å². The van der Waals surface area contributed by atoms with Crippen LogP contribution in [0.2, 0.25) is 0 Å². The summed E-state index contributed by atoms with van der Waals surface area (Å²) in [6, 6.07) is -1.12. The molecule has 0 aromatic rings. The van der Waals surface area contributed by atoms with Crippen molar-refractivity contribution in [2.45, 2.75) is 51.9 Å². The number of carbonyl (C=O) groups is 3. The minimum atomic E-state index is -1.15. The van der Waals surface area contributed by atoms with E-state index >= 15 is 0 Å². The fraction of sp³-hybridized carbons (Fsp3) is 0.786. The summed E-state index contributed by atoms with van der Waals surface area (Å²) >= 11 is 0. The number of hydrogen-bond acceptors (Lipinski definition) is 5. The lowest BCUT2D eigenvalue weighted by Gasteiger charge is -2.33. The van der Waals surface area contributed by atoms with Crippen molar-refractivity contribution in [1.29, 1.82) is 0 Å². The van der Waals surface area contributed by atoms with E-state index in [-0.39, 0.29) is 18.9 Å². The monoisotopic (exact) mass is 301 g/mol. The molecule has 1 rings (SSSR count). The van der Waals surface area contributed by atoms with Gasteiger partial charge in [-0.2, -0.15) is 0 Å². The minimum Gasteiger partial charge on any atom is -0.480 e. The minimum absolute atomic E-state index is 0.0291. The predicted molar refractivity (Wildman–Crippen MR) is 73.6 cm³/mol. The van der Waals surface area contributed by atoms with Gasteiger partial charge in [-0.15, -0.1) is 0 Å². The molecule has 0 aromatic heterocycles. The molecule has 0 spiro atoms. The molecule has 0 saturated carbocycles. The molecule has 7 nitrogen and oxygen atoms in total. The third kappa shape index (κ3) is 4.42.